The highest BCUT2D eigenvalue weighted by Gasteiger charge is 2.22. The van der Waals surface area contributed by atoms with Crippen LogP contribution in [-0.2, 0) is 4.79 Å². The molecule has 86 valence electrons. The van der Waals surface area contributed by atoms with Crippen LogP contribution in [0.2, 0.25) is 0 Å². The molecule has 1 unspecified atom stereocenters. The van der Waals surface area contributed by atoms with E-state index in [9.17, 15) is 9.90 Å². The van der Waals surface area contributed by atoms with Crippen molar-refractivity contribution in [3.05, 3.63) is 35.9 Å². The Bertz CT molecular complexity index is 437. The van der Waals surface area contributed by atoms with Crippen LogP contribution in [0.15, 0.2) is 30.3 Å². The summed E-state index contributed by atoms with van der Waals surface area (Å²) in [5.41, 5.74) is 0.525. The molecule has 0 fully saturated rings. The van der Waals surface area contributed by atoms with Gasteiger partial charge in [-0.05, 0) is 5.56 Å². The third-order valence-electron chi connectivity index (χ3n) is 2.23. The Morgan fingerprint density at radius 3 is 2.24 bits per heavy atom. The Balaban J connectivity index is 2.82. The van der Waals surface area contributed by atoms with Crippen molar-refractivity contribution in [2.45, 2.75) is 6.10 Å². The van der Waals surface area contributed by atoms with Crippen LogP contribution < -0.4 is 0 Å². The summed E-state index contributed by atoms with van der Waals surface area (Å²) in [5, 5.41) is 9.88. The van der Waals surface area contributed by atoms with E-state index in [1.165, 1.54) is 4.90 Å². The number of amides is 1. The fraction of sp³-hybridized carbons (Fsp3) is 0.214. The van der Waals surface area contributed by atoms with Crippen LogP contribution in [0.1, 0.15) is 11.7 Å². The molecular formula is C14H13NO2. The van der Waals surface area contributed by atoms with Gasteiger partial charge < -0.3 is 10.0 Å². The summed E-state index contributed by atoms with van der Waals surface area (Å²) < 4.78 is 0. The number of rotatable bonds is 4. The zero-order valence-corrected chi connectivity index (χ0v) is 9.34. The Morgan fingerprint density at radius 1 is 1.24 bits per heavy atom. The quantitative estimate of drug-likeness (QED) is 0.773. The minimum atomic E-state index is -1.22. The van der Waals surface area contributed by atoms with Gasteiger partial charge in [0, 0.05) is 0 Å². The van der Waals surface area contributed by atoms with Crippen molar-refractivity contribution in [3.8, 4) is 24.7 Å². The van der Waals surface area contributed by atoms with E-state index in [0.717, 1.165) is 0 Å². The van der Waals surface area contributed by atoms with Crippen LogP contribution in [-0.4, -0.2) is 29.0 Å². The first kappa shape index (κ1) is 12.8. The molecule has 0 saturated heterocycles. The second-order valence-corrected chi connectivity index (χ2v) is 3.42. The van der Waals surface area contributed by atoms with Gasteiger partial charge in [-0.2, -0.15) is 0 Å². The van der Waals surface area contributed by atoms with Gasteiger partial charge in [-0.25, -0.2) is 0 Å². The lowest BCUT2D eigenvalue weighted by atomic mass is 10.1. The molecule has 0 aliphatic carbocycles. The molecule has 1 amide bonds. The highest BCUT2D eigenvalue weighted by atomic mass is 16.3. The standard InChI is InChI=1S/C14H13NO2/c1-3-10-15(11-4-2)14(17)13(16)12-8-6-5-7-9-12/h1-2,5-9,13,16H,10-11H2. The number of hydrogen-bond donors (Lipinski definition) is 1. The molecule has 1 aromatic rings. The number of aliphatic hydroxyl groups excluding tert-OH is 1. The molecule has 0 bridgehead atoms. The Labute approximate surface area is 101 Å². The van der Waals surface area contributed by atoms with Gasteiger partial charge in [-0.1, -0.05) is 42.2 Å². The van der Waals surface area contributed by atoms with Crippen LogP contribution >= 0.6 is 0 Å². The molecule has 3 nitrogen and oxygen atoms in total. The number of benzene rings is 1. The SMILES string of the molecule is C#CCN(CC#C)C(=O)C(O)c1ccccc1. The van der Waals surface area contributed by atoms with E-state index >= 15 is 0 Å². The first-order valence-electron chi connectivity index (χ1n) is 5.09. The average Bonchev–Trinajstić information content (AvgIpc) is 2.38. The third kappa shape index (κ3) is 3.38. The summed E-state index contributed by atoms with van der Waals surface area (Å²) >= 11 is 0. The Hall–Kier alpha value is -2.23. The van der Waals surface area contributed by atoms with Crippen molar-refractivity contribution in [2.24, 2.45) is 0 Å². The molecule has 1 N–H and O–H groups in total. The molecule has 0 heterocycles. The van der Waals surface area contributed by atoms with Crippen LogP contribution in [0, 0.1) is 24.7 Å². The molecule has 1 rings (SSSR count). The zero-order valence-electron chi connectivity index (χ0n) is 9.34. The number of carbonyl (C=O) groups excluding carboxylic acids is 1. The molecule has 0 aliphatic rings. The van der Waals surface area contributed by atoms with Crippen LogP contribution in [0.25, 0.3) is 0 Å². The lowest BCUT2D eigenvalue weighted by molar-refractivity contribution is -0.139. The Morgan fingerprint density at radius 2 is 1.76 bits per heavy atom. The summed E-state index contributed by atoms with van der Waals surface area (Å²) in [6.07, 6.45) is 9.06. The highest BCUT2D eigenvalue weighted by molar-refractivity contribution is 5.82. The fourth-order valence-corrected chi connectivity index (χ4v) is 1.38. The lowest BCUT2D eigenvalue weighted by Crippen LogP contribution is -2.35. The number of nitrogens with zero attached hydrogens (tertiary/aromatic N) is 1. The predicted octanol–water partition coefficient (Wildman–Crippen LogP) is 0.815. The second kappa shape index (κ2) is 6.37. The van der Waals surface area contributed by atoms with Crippen LogP contribution in [0.3, 0.4) is 0 Å². The highest BCUT2D eigenvalue weighted by Crippen LogP contribution is 2.14. The smallest absolute Gasteiger partial charge is 0.257 e. The molecule has 1 aromatic carbocycles. The van der Waals surface area contributed by atoms with Gasteiger partial charge in [0.15, 0.2) is 6.10 Å². The monoisotopic (exact) mass is 227 g/mol. The van der Waals surface area contributed by atoms with E-state index in [1.54, 1.807) is 30.3 Å². The van der Waals surface area contributed by atoms with Crippen molar-refractivity contribution in [1.29, 1.82) is 0 Å². The molecule has 1 atom stereocenters. The topological polar surface area (TPSA) is 40.5 Å². The van der Waals surface area contributed by atoms with E-state index in [0.29, 0.717) is 5.56 Å². The molecule has 0 spiro atoms. The molecule has 0 radical (unpaired) electrons. The second-order valence-electron chi connectivity index (χ2n) is 3.42. The van der Waals surface area contributed by atoms with Gasteiger partial charge in [-0.15, -0.1) is 12.8 Å². The summed E-state index contributed by atoms with van der Waals surface area (Å²) in [5.74, 6) is 4.20. The molecule has 0 aromatic heterocycles. The summed E-state index contributed by atoms with van der Waals surface area (Å²) in [6.45, 7) is 0.180. The van der Waals surface area contributed by atoms with Crippen molar-refractivity contribution in [3.63, 3.8) is 0 Å². The first-order valence-corrected chi connectivity index (χ1v) is 5.09. The lowest BCUT2D eigenvalue weighted by Gasteiger charge is -2.21. The van der Waals surface area contributed by atoms with E-state index in [1.807, 2.05) is 0 Å². The largest absolute Gasteiger partial charge is 0.378 e. The summed E-state index contributed by atoms with van der Waals surface area (Å²) in [7, 11) is 0. The number of aliphatic hydroxyl groups is 1. The van der Waals surface area contributed by atoms with Crippen LogP contribution in [0.4, 0.5) is 0 Å². The van der Waals surface area contributed by atoms with Gasteiger partial charge in [-0.3, -0.25) is 4.79 Å². The Kier molecular flexibility index (Phi) is 4.81. The molecule has 3 heteroatoms. The van der Waals surface area contributed by atoms with Crippen molar-refractivity contribution < 1.29 is 9.90 Å². The zero-order chi connectivity index (χ0) is 12.7. The average molecular weight is 227 g/mol. The molecule has 17 heavy (non-hydrogen) atoms. The summed E-state index contributed by atoms with van der Waals surface area (Å²) in [4.78, 5) is 13.2. The van der Waals surface area contributed by atoms with Crippen molar-refractivity contribution in [2.75, 3.05) is 13.1 Å². The van der Waals surface area contributed by atoms with E-state index in [4.69, 9.17) is 12.8 Å². The number of carbonyl (C=O) groups is 1. The number of terminal acetylenes is 2. The van der Waals surface area contributed by atoms with Gasteiger partial charge in [0.2, 0.25) is 0 Å². The van der Waals surface area contributed by atoms with Gasteiger partial charge in [0.25, 0.3) is 5.91 Å². The molecule has 0 saturated carbocycles. The van der Waals surface area contributed by atoms with Crippen molar-refractivity contribution >= 4 is 5.91 Å². The maximum atomic E-state index is 11.9. The van der Waals surface area contributed by atoms with Gasteiger partial charge >= 0.3 is 0 Å². The predicted molar refractivity (Wildman–Crippen MR) is 65.6 cm³/mol. The van der Waals surface area contributed by atoms with E-state index < -0.39 is 12.0 Å². The minimum Gasteiger partial charge on any atom is -0.378 e. The third-order valence-corrected chi connectivity index (χ3v) is 2.23. The molecule has 0 aliphatic heterocycles. The fourth-order valence-electron chi connectivity index (χ4n) is 1.38. The van der Waals surface area contributed by atoms with Crippen LogP contribution in [0.5, 0.6) is 0 Å². The number of hydrogen-bond acceptors (Lipinski definition) is 2. The van der Waals surface area contributed by atoms with Gasteiger partial charge in [0.1, 0.15) is 0 Å². The minimum absolute atomic E-state index is 0.0902. The molecular weight excluding hydrogens is 214 g/mol. The van der Waals surface area contributed by atoms with Gasteiger partial charge in [0.05, 0.1) is 13.1 Å². The van der Waals surface area contributed by atoms with E-state index in [2.05, 4.69) is 11.8 Å². The van der Waals surface area contributed by atoms with Crippen molar-refractivity contribution in [1.82, 2.24) is 4.90 Å². The van der Waals surface area contributed by atoms with E-state index in [-0.39, 0.29) is 13.1 Å². The maximum Gasteiger partial charge on any atom is 0.257 e. The first-order chi connectivity index (χ1) is 8.20. The maximum absolute atomic E-state index is 11.9. The summed E-state index contributed by atoms with van der Waals surface area (Å²) in [6, 6.07) is 8.65. The normalized spacial score (nSPS) is 11.0.